The Morgan fingerprint density at radius 1 is 1.25 bits per heavy atom. The van der Waals surface area contributed by atoms with Crippen LogP contribution in [-0.4, -0.2) is 30.2 Å². The van der Waals surface area contributed by atoms with E-state index < -0.39 is 0 Å². The van der Waals surface area contributed by atoms with Crippen molar-refractivity contribution in [1.29, 1.82) is 0 Å². The lowest BCUT2D eigenvalue weighted by Crippen LogP contribution is -1.98. The molecular formula is C5H3BrN6. The van der Waals surface area contributed by atoms with Crippen molar-refractivity contribution in [1.82, 2.24) is 30.2 Å². The van der Waals surface area contributed by atoms with Crippen molar-refractivity contribution in [2.75, 3.05) is 0 Å². The smallest absolute Gasteiger partial charge is 0.175 e. The standard InChI is InChI=1S/C5H3BrN6/c6-4-1-8-5(2-7-4)12-3-9-10-11-12/h1-3H. The summed E-state index contributed by atoms with van der Waals surface area (Å²) in [5.41, 5.74) is 0. The number of halogens is 1. The number of aromatic nitrogens is 6. The number of tetrazole rings is 1. The highest BCUT2D eigenvalue weighted by Crippen LogP contribution is 2.04. The molecule has 2 aromatic heterocycles. The molecule has 0 spiro atoms. The van der Waals surface area contributed by atoms with Gasteiger partial charge in [-0.2, -0.15) is 4.68 Å². The average molecular weight is 227 g/mol. The Hall–Kier alpha value is -1.37. The van der Waals surface area contributed by atoms with Gasteiger partial charge >= 0.3 is 0 Å². The van der Waals surface area contributed by atoms with Crippen LogP contribution in [0.15, 0.2) is 23.3 Å². The van der Waals surface area contributed by atoms with E-state index in [4.69, 9.17) is 0 Å². The molecule has 0 aromatic carbocycles. The summed E-state index contributed by atoms with van der Waals surface area (Å²) >= 11 is 3.17. The minimum atomic E-state index is 0.586. The molecule has 0 N–H and O–H groups in total. The first-order valence-electron chi connectivity index (χ1n) is 3.07. The zero-order valence-electron chi connectivity index (χ0n) is 5.79. The molecule has 60 valence electrons. The lowest BCUT2D eigenvalue weighted by molar-refractivity contribution is 0.765. The fraction of sp³-hybridized carbons (Fsp3) is 0. The van der Waals surface area contributed by atoms with Crippen LogP contribution in [0.1, 0.15) is 0 Å². The Kier molecular flexibility index (Phi) is 1.78. The monoisotopic (exact) mass is 226 g/mol. The largest absolute Gasteiger partial charge is 0.244 e. The van der Waals surface area contributed by atoms with E-state index >= 15 is 0 Å². The van der Waals surface area contributed by atoms with Crippen molar-refractivity contribution < 1.29 is 0 Å². The van der Waals surface area contributed by atoms with E-state index in [0.717, 1.165) is 0 Å². The lowest BCUT2D eigenvalue weighted by Gasteiger charge is -1.95. The summed E-state index contributed by atoms with van der Waals surface area (Å²) in [6.07, 6.45) is 4.61. The van der Waals surface area contributed by atoms with Crippen LogP contribution in [0, 0.1) is 0 Å². The maximum absolute atomic E-state index is 4.03. The maximum Gasteiger partial charge on any atom is 0.175 e. The van der Waals surface area contributed by atoms with Crippen molar-refractivity contribution in [2.24, 2.45) is 0 Å². The van der Waals surface area contributed by atoms with Crippen LogP contribution in [0.25, 0.3) is 5.82 Å². The molecule has 2 heterocycles. The molecule has 0 saturated heterocycles. The Morgan fingerprint density at radius 2 is 2.17 bits per heavy atom. The second kappa shape index (κ2) is 2.94. The molecule has 0 atom stereocenters. The zero-order valence-corrected chi connectivity index (χ0v) is 7.38. The third kappa shape index (κ3) is 1.30. The van der Waals surface area contributed by atoms with Crippen LogP contribution in [0.4, 0.5) is 0 Å². The van der Waals surface area contributed by atoms with Gasteiger partial charge < -0.3 is 0 Å². The van der Waals surface area contributed by atoms with E-state index in [1.165, 1.54) is 11.0 Å². The van der Waals surface area contributed by atoms with Crippen LogP contribution < -0.4 is 0 Å². The summed E-state index contributed by atoms with van der Waals surface area (Å²) in [7, 11) is 0. The number of rotatable bonds is 1. The molecule has 12 heavy (non-hydrogen) atoms. The van der Waals surface area contributed by atoms with Gasteiger partial charge in [0, 0.05) is 0 Å². The first-order valence-corrected chi connectivity index (χ1v) is 3.86. The fourth-order valence-corrected chi connectivity index (χ4v) is 0.895. The van der Waals surface area contributed by atoms with E-state index in [1.807, 2.05) is 0 Å². The van der Waals surface area contributed by atoms with E-state index in [9.17, 15) is 0 Å². The third-order valence-electron chi connectivity index (χ3n) is 1.19. The first-order chi connectivity index (χ1) is 5.86. The van der Waals surface area contributed by atoms with E-state index in [1.54, 1.807) is 12.4 Å². The van der Waals surface area contributed by atoms with Gasteiger partial charge in [0.05, 0.1) is 12.4 Å². The molecule has 2 aromatic rings. The molecule has 7 heteroatoms. The lowest BCUT2D eigenvalue weighted by atomic mass is 10.7. The van der Waals surface area contributed by atoms with Gasteiger partial charge in [-0.25, -0.2) is 9.97 Å². The average Bonchev–Trinajstić information content (AvgIpc) is 2.58. The number of hydrogen-bond acceptors (Lipinski definition) is 5. The minimum Gasteiger partial charge on any atom is -0.244 e. The molecule has 0 aliphatic rings. The number of hydrogen-bond donors (Lipinski definition) is 0. The summed E-state index contributed by atoms with van der Waals surface area (Å²) < 4.78 is 2.11. The van der Waals surface area contributed by atoms with Crippen molar-refractivity contribution in [3.63, 3.8) is 0 Å². The second-order valence-corrected chi connectivity index (χ2v) is 2.76. The van der Waals surface area contributed by atoms with Gasteiger partial charge in [0.25, 0.3) is 0 Å². The highest BCUT2D eigenvalue weighted by atomic mass is 79.9. The normalized spacial score (nSPS) is 10.1. The van der Waals surface area contributed by atoms with E-state index in [-0.39, 0.29) is 0 Å². The quantitative estimate of drug-likeness (QED) is 0.696. The predicted molar refractivity (Wildman–Crippen MR) is 42.4 cm³/mol. The highest BCUT2D eigenvalue weighted by molar-refractivity contribution is 9.10. The maximum atomic E-state index is 4.03. The molecule has 0 radical (unpaired) electrons. The van der Waals surface area contributed by atoms with Crippen molar-refractivity contribution in [3.8, 4) is 5.82 Å². The summed E-state index contributed by atoms with van der Waals surface area (Å²) in [5, 5.41) is 10.6. The summed E-state index contributed by atoms with van der Waals surface area (Å²) in [6, 6.07) is 0. The van der Waals surface area contributed by atoms with Crippen LogP contribution in [0.2, 0.25) is 0 Å². The molecule has 0 unspecified atom stereocenters. The Bertz CT molecular complexity index is 354. The van der Waals surface area contributed by atoms with Gasteiger partial charge in [-0.3, -0.25) is 0 Å². The fourth-order valence-electron chi connectivity index (χ4n) is 0.690. The molecule has 0 aliphatic carbocycles. The van der Waals surface area contributed by atoms with Gasteiger partial charge in [-0.1, -0.05) is 0 Å². The van der Waals surface area contributed by atoms with Crippen LogP contribution in [0.3, 0.4) is 0 Å². The Morgan fingerprint density at radius 3 is 2.75 bits per heavy atom. The molecule has 0 amide bonds. The van der Waals surface area contributed by atoms with Gasteiger partial charge in [-0.15, -0.1) is 5.10 Å². The number of nitrogens with zero attached hydrogens (tertiary/aromatic N) is 6. The summed E-state index contributed by atoms with van der Waals surface area (Å²) in [6.45, 7) is 0. The minimum absolute atomic E-state index is 0.586. The summed E-state index contributed by atoms with van der Waals surface area (Å²) in [4.78, 5) is 8.00. The van der Waals surface area contributed by atoms with E-state index in [2.05, 4.69) is 41.4 Å². The Labute approximate surface area is 75.8 Å². The van der Waals surface area contributed by atoms with Crippen molar-refractivity contribution in [2.45, 2.75) is 0 Å². The van der Waals surface area contributed by atoms with Gasteiger partial charge in [-0.05, 0) is 26.4 Å². The summed E-state index contributed by atoms with van der Waals surface area (Å²) in [5.74, 6) is 0.586. The highest BCUT2D eigenvalue weighted by Gasteiger charge is 1.98. The predicted octanol–water partition coefficient (Wildman–Crippen LogP) is 0.215. The van der Waals surface area contributed by atoms with Crippen molar-refractivity contribution >= 4 is 15.9 Å². The van der Waals surface area contributed by atoms with Crippen molar-refractivity contribution in [3.05, 3.63) is 23.3 Å². The van der Waals surface area contributed by atoms with Crippen LogP contribution in [-0.2, 0) is 0 Å². The molecule has 0 fully saturated rings. The van der Waals surface area contributed by atoms with Gasteiger partial charge in [0.1, 0.15) is 10.9 Å². The molecule has 0 bridgehead atoms. The molecule has 0 aliphatic heterocycles. The zero-order chi connectivity index (χ0) is 8.39. The Balaban J connectivity index is 2.43. The molecule has 2 rings (SSSR count). The van der Waals surface area contributed by atoms with Crippen LogP contribution in [0.5, 0.6) is 0 Å². The second-order valence-electron chi connectivity index (χ2n) is 1.95. The molecule has 6 nitrogen and oxygen atoms in total. The van der Waals surface area contributed by atoms with Crippen LogP contribution >= 0.6 is 15.9 Å². The third-order valence-corrected chi connectivity index (χ3v) is 1.60. The SMILES string of the molecule is Brc1cnc(-n2cnnn2)cn1. The van der Waals surface area contributed by atoms with Gasteiger partial charge in [0.2, 0.25) is 0 Å². The molecular weight excluding hydrogens is 224 g/mol. The van der Waals surface area contributed by atoms with Gasteiger partial charge in [0.15, 0.2) is 5.82 Å². The first kappa shape index (κ1) is 7.29. The van der Waals surface area contributed by atoms with E-state index in [0.29, 0.717) is 10.4 Å². The topological polar surface area (TPSA) is 69.4 Å². The molecule has 0 saturated carbocycles.